The van der Waals surface area contributed by atoms with Gasteiger partial charge in [-0.05, 0) is 20.8 Å². The number of anilines is 1. The maximum atomic E-state index is 6.27. The molecule has 1 saturated heterocycles. The van der Waals surface area contributed by atoms with Gasteiger partial charge in [-0.3, -0.25) is 0 Å². The van der Waals surface area contributed by atoms with Gasteiger partial charge in [-0.2, -0.15) is 0 Å². The van der Waals surface area contributed by atoms with E-state index in [1.54, 1.807) is 0 Å². The largest absolute Gasteiger partial charge is 0.377 e. The lowest BCUT2D eigenvalue weighted by Crippen LogP contribution is -2.53. The highest BCUT2D eigenvalue weighted by molar-refractivity contribution is 6.30. The number of hydrogen-bond acceptors (Lipinski definition) is 4. The van der Waals surface area contributed by atoms with E-state index in [1.165, 1.54) is 0 Å². The van der Waals surface area contributed by atoms with Crippen LogP contribution in [-0.4, -0.2) is 35.3 Å². The van der Waals surface area contributed by atoms with E-state index in [0.717, 1.165) is 30.4 Å². The standard InChI is InChI=1S/C14H22ClN3O/c1-9(2)12-16-11(15)10(3)13(17-12)18-6-7-19-8-14(18,4)5/h9H,6-8H2,1-5H3. The van der Waals surface area contributed by atoms with Crippen LogP contribution in [0.3, 0.4) is 0 Å². The van der Waals surface area contributed by atoms with Gasteiger partial charge in [-0.15, -0.1) is 0 Å². The van der Waals surface area contributed by atoms with E-state index < -0.39 is 0 Å². The highest BCUT2D eigenvalue weighted by Gasteiger charge is 2.33. The van der Waals surface area contributed by atoms with Crippen molar-refractivity contribution in [3.8, 4) is 0 Å². The fourth-order valence-electron chi connectivity index (χ4n) is 2.27. The Balaban J connectivity index is 2.48. The minimum Gasteiger partial charge on any atom is -0.377 e. The second kappa shape index (κ2) is 5.25. The summed E-state index contributed by atoms with van der Waals surface area (Å²) in [7, 11) is 0. The van der Waals surface area contributed by atoms with Gasteiger partial charge in [0.05, 0.1) is 18.8 Å². The van der Waals surface area contributed by atoms with Gasteiger partial charge in [-0.25, -0.2) is 9.97 Å². The molecule has 5 heteroatoms. The van der Waals surface area contributed by atoms with E-state index in [-0.39, 0.29) is 11.5 Å². The first-order valence-electron chi connectivity index (χ1n) is 6.72. The van der Waals surface area contributed by atoms with Gasteiger partial charge < -0.3 is 9.64 Å². The fraction of sp³-hybridized carbons (Fsp3) is 0.714. The molecule has 1 aromatic heterocycles. The molecule has 106 valence electrons. The van der Waals surface area contributed by atoms with Crippen molar-refractivity contribution in [2.45, 2.75) is 46.1 Å². The molecule has 2 heterocycles. The van der Waals surface area contributed by atoms with Crippen LogP contribution in [0.15, 0.2) is 0 Å². The quantitative estimate of drug-likeness (QED) is 0.782. The molecular formula is C14H22ClN3O. The number of morpholine rings is 1. The molecule has 0 spiro atoms. The van der Waals surface area contributed by atoms with Crippen LogP contribution in [0.1, 0.15) is 45.0 Å². The van der Waals surface area contributed by atoms with Gasteiger partial charge in [0.15, 0.2) is 0 Å². The number of rotatable bonds is 2. The Labute approximate surface area is 120 Å². The van der Waals surface area contributed by atoms with Crippen LogP contribution < -0.4 is 4.90 Å². The average molecular weight is 284 g/mol. The van der Waals surface area contributed by atoms with Gasteiger partial charge in [0, 0.05) is 18.0 Å². The number of ether oxygens (including phenoxy) is 1. The molecule has 0 unspecified atom stereocenters. The first kappa shape index (κ1) is 14.5. The molecule has 1 aliphatic heterocycles. The molecule has 0 atom stereocenters. The summed E-state index contributed by atoms with van der Waals surface area (Å²) in [5.41, 5.74) is 0.871. The van der Waals surface area contributed by atoms with E-state index in [2.05, 4.69) is 37.6 Å². The van der Waals surface area contributed by atoms with Crippen LogP contribution in [0.25, 0.3) is 0 Å². The third-order valence-corrected chi connectivity index (χ3v) is 3.86. The van der Waals surface area contributed by atoms with E-state index in [4.69, 9.17) is 21.3 Å². The predicted molar refractivity (Wildman–Crippen MR) is 78.1 cm³/mol. The van der Waals surface area contributed by atoms with E-state index in [9.17, 15) is 0 Å². The summed E-state index contributed by atoms with van der Waals surface area (Å²) >= 11 is 6.27. The minimum atomic E-state index is -0.0745. The highest BCUT2D eigenvalue weighted by Crippen LogP contribution is 2.31. The zero-order valence-electron chi connectivity index (χ0n) is 12.3. The van der Waals surface area contributed by atoms with Gasteiger partial charge in [-0.1, -0.05) is 25.4 Å². The van der Waals surface area contributed by atoms with Crippen molar-refractivity contribution in [3.05, 3.63) is 16.5 Å². The number of nitrogens with zero attached hydrogens (tertiary/aromatic N) is 3. The Morgan fingerprint density at radius 3 is 2.58 bits per heavy atom. The number of aromatic nitrogens is 2. The van der Waals surface area contributed by atoms with Crippen molar-refractivity contribution in [3.63, 3.8) is 0 Å². The molecule has 0 radical (unpaired) electrons. The molecule has 1 aliphatic rings. The Morgan fingerprint density at radius 2 is 2.00 bits per heavy atom. The Bertz CT molecular complexity index is 474. The second-order valence-corrected chi connectivity index (χ2v) is 6.35. The van der Waals surface area contributed by atoms with E-state index in [1.807, 2.05) is 6.92 Å². The lowest BCUT2D eigenvalue weighted by molar-refractivity contribution is 0.0638. The maximum Gasteiger partial charge on any atom is 0.137 e. The van der Waals surface area contributed by atoms with Crippen LogP contribution in [0, 0.1) is 6.92 Å². The fourth-order valence-corrected chi connectivity index (χ4v) is 2.44. The smallest absolute Gasteiger partial charge is 0.137 e. The van der Waals surface area contributed by atoms with Gasteiger partial charge in [0.1, 0.15) is 16.8 Å². The molecule has 0 saturated carbocycles. The molecule has 0 aliphatic carbocycles. The van der Waals surface area contributed by atoms with Gasteiger partial charge >= 0.3 is 0 Å². The number of halogens is 1. The first-order chi connectivity index (χ1) is 8.83. The second-order valence-electron chi connectivity index (χ2n) is 5.99. The molecule has 0 amide bonds. The summed E-state index contributed by atoms with van der Waals surface area (Å²) in [4.78, 5) is 11.4. The average Bonchev–Trinajstić information content (AvgIpc) is 2.32. The summed E-state index contributed by atoms with van der Waals surface area (Å²) in [6.45, 7) is 12.7. The van der Waals surface area contributed by atoms with Crippen LogP contribution in [-0.2, 0) is 4.74 Å². The zero-order chi connectivity index (χ0) is 14.2. The molecular weight excluding hydrogens is 262 g/mol. The maximum absolute atomic E-state index is 6.27. The van der Waals surface area contributed by atoms with Crippen molar-refractivity contribution < 1.29 is 4.74 Å². The molecule has 0 bridgehead atoms. The van der Waals surface area contributed by atoms with Crippen LogP contribution in [0.5, 0.6) is 0 Å². The third-order valence-electron chi connectivity index (χ3n) is 3.50. The molecule has 1 fully saturated rings. The molecule has 2 rings (SSSR count). The zero-order valence-corrected chi connectivity index (χ0v) is 13.1. The molecule has 1 aromatic rings. The van der Waals surface area contributed by atoms with Gasteiger partial charge in [0.2, 0.25) is 0 Å². The van der Waals surface area contributed by atoms with Crippen molar-refractivity contribution >= 4 is 17.4 Å². The lowest BCUT2D eigenvalue weighted by Gasteiger charge is -2.43. The van der Waals surface area contributed by atoms with Crippen LogP contribution >= 0.6 is 11.6 Å². The molecule has 4 nitrogen and oxygen atoms in total. The lowest BCUT2D eigenvalue weighted by atomic mass is 10.0. The van der Waals surface area contributed by atoms with Crippen molar-refractivity contribution in [1.29, 1.82) is 0 Å². The van der Waals surface area contributed by atoms with Crippen LogP contribution in [0.4, 0.5) is 5.82 Å². The molecule has 0 aromatic carbocycles. The van der Waals surface area contributed by atoms with Crippen molar-refractivity contribution in [2.75, 3.05) is 24.7 Å². The van der Waals surface area contributed by atoms with E-state index in [0.29, 0.717) is 11.8 Å². The van der Waals surface area contributed by atoms with Crippen molar-refractivity contribution in [1.82, 2.24) is 9.97 Å². The first-order valence-corrected chi connectivity index (χ1v) is 7.10. The highest BCUT2D eigenvalue weighted by atomic mass is 35.5. The van der Waals surface area contributed by atoms with Crippen molar-refractivity contribution in [2.24, 2.45) is 0 Å². The monoisotopic (exact) mass is 283 g/mol. The number of hydrogen-bond donors (Lipinski definition) is 0. The third kappa shape index (κ3) is 2.84. The normalized spacial score (nSPS) is 19.0. The summed E-state index contributed by atoms with van der Waals surface area (Å²) in [6, 6.07) is 0. The topological polar surface area (TPSA) is 38.2 Å². The minimum absolute atomic E-state index is 0.0745. The summed E-state index contributed by atoms with van der Waals surface area (Å²) in [6.07, 6.45) is 0. The summed E-state index contributed by atoms with van der Waals surface area (Å²) in [5.74, 6) is 2.01. The molecule has 19 heavy (non-hydrogen) atoms. The Morgan fingerprint density at radius 1 is 1.32 bits per heavy atom. The SMILES string of the molecule is Cc1c(Cl)nc(C(C)C)nc1N1CCOCC1(C)C. The van der Waals surface area contributed by atoms with Gasteiger partial charge in [0.25, 0.3) is 0 Å². The Kier molecular flexibility index (Phi) is 4.02. The Hall–Kier alpha value is -0.870. The molecule has 0 N–H and O–H groups in total. The summed E-state index contributed by atoms with van der Waals surface area (Å²) in [5, 5.41) is 0.552. The van der Waals surface area contributed by atoms with Crippen LogP contribution in [0.2, 0.25) is 5.15 Å². The summed E-state index contributed by atoms with van der Waals surface area (Å²) < 4.78 is 5.57. The van der Waals surface area contributed by atoms with E-state index >= 15 is 0 Å². The predicted octanol–water partition coefficient (Wildman–Crippen LogP) is 3.18.